The van der Waals surface area contributed by atoms with Crippen molar-refractivity contribution in [3.8, 4) is 27.9 Å². The van der Waals surface area contributed by atoms with Gasteiger partial charge in [0.25, 0.3) is 0 Å². The number of para-hydroxylation sites is 2. The van der Waals surface area contributed by atoms with Crippen LogP contribution in [0, 0.1) is 0 Å². The van der Waals surface area contributed by atoms with Gasteiger partial charge in [-0.3, -0.25) is 0 Å². The number of nitrogens with zero attached hydrogens (tertiary/aromatic N) is 3. The number of aromatic nitrogens is 3. The first-order chi connectivity index (χ1) is 17.4. The first kappa shape index (κ1) is 19.7. The molecule has 0 unspecified atom stereocenters. The van der Waals surface area contributed by atoms with Gasteiger partial charge in [-0.05, 0) is 52.6 Å². The zero-order chi connectivity index (χ0) is 23.2. The number of hydrogen-bond donors (Lipinski definition) is 0. The van der Waals surface area contributed by atoms with Crippen molar-refractivity contribution in [2.75, 3.05) is 0 Å². The summed E-state index contributed by atoms with van der Waals surface area (Å²) in [7, 11) is 0. The van der Waals surface area contributed by atoms with Gasteiger partial charge in [0.2, 0.25) is 0 Å². The summed E-state index contributed by atoms with van der Waals surface area (Å²) >= 11 is 0. The lowest BCUT2D eigenvalue weighted by Crippen LogP contribution is -1.93. The Labute approximate surface area is 203 Å². The first-order valence-corrected chi connectivity index (χ1v) is 11.7. The van der Waals surface area contributed by atoms with Crippen LogP contribution in [0.2, 0.25) is 0 Å². The Balaban J connectivity index is 1.27. The van der Waals surface area contributed by atoms with Gasteiger partial charge in [0.1, 0.15) is 6.33 Å². The summed E-state index contributed by atoms with van der Waals surface area (Å²) < 4.78 is 2.35. The van der Waals surface area contributed by atoms with Gasteiger partial charge in [-0.25, -0.2) is 9.97 Å². The molecule has 0 aliphatic carbocycles. The molecule has 3 heteroatoms. The second kappa shape index (κ2) is 7.93. The molecule has 2 heterocycles. The summed E-state index contributed by atoms with van der Waals surface area (Å²) in [5.74, 6) is 0. The minimum atomic E-state index is 0.960. The van der Waals surface area contributed by atoms with Crippen LogP contribution in [-0.4, -0.2) is 14.5 Å². The maximum atomic E-state index is 4.39. The fraction of sp³-hybridized carbons (Fsp3) is 0. The highest BCUT2D eigenvalue weighted by Gasteiger charge is 2.11. The third kappa shape index (κ3) is 3.21. The summed E-state index contributed by atoms with van der Waals surface area (Å²) in [6.07, 6.45) is 3.48. The molecular formula is C32H21N3. The van der Waals surface area contributed by atoms with Crippen LogP contribution in [-0.2, 0) is 0 Å². The fourth-order valence-corrected chi connectivity index (χ4v) is 5.10. The standard InChI is InChI=1S/C32H21N3/c1-3-10-31-27(6-1)28-7-2-4-11-32(28)35(31)25-18-16-23(17-19-25)22-12-14-24(15-13-22)26-8-5-9-30-29(26)20-33-21-34-30/h1-21H. The van der Waals surface area contributed by atoms with Crippen molar-refractivity contribution in [2.45, 2.75) is 0 Å². The molecule has 0 amide bonds. The van der Waals surface area contributed by atoms with Crippen LogP contribution in [0.4, 0.5) is 0 Å². The van der Waals surface area contributed by atoms with E-state index in [9.17, 15) is 0 Å². The minimum absolute atomic E-state index is 0.960. The van der Waals surface area contributed by atoms with Crippen LogP contribution in [0.1, 0.15) is 0 Å². The summed E-state index contributed by atoms with van der Waals surface area (Å²) in [6, 6.07) is 41.0. The Hall–Kier alpha value is -4.76. The number of rotatable bonds is 3. The van der Waals surface area contributed by atoms with Gasteiger partial charge in [0.15, 0.2) is 0 Å². The maximum absolute atomic E-state index is 4.39. The fourth-order valence-electron chi connectivity index (χ4n) is 5.10. The van der Waals surface area contributed by atoms with Gasteiger partial charge in [-0.2, -0.15) is 0 Å². The molecule has 5 aromatic carbocycles. The largest absolute Gasteiger partial charge is 0.309 e. The van der Waals surface area contributed by atoms with E-state index in [2.05, 4.69) is 118 Å². The molecule has 7 aromatic rings. The highest BCUT2D eigenvalue weighted by Crippen LogP contribution is 2.33. The Morgan fingerprint density at radius 3 is 1.77 bits per heavy atom. The van der Waals surface area contributed by atoms with Crippen molar-refractivity contribution in [1.82, 2.24) is 14.5 Å². The van der Waals surface area contributed by atoms with E-state index < -0.39 is 0 Å². The van der Waals surface area contributed by atoms with Crippen molar-refractivity contribution in [1.29, 1.82) is 0 Å². The van der Waals surface area contributed by atoms with Gasteiger partial charge in [0, 0.05) is 28.0 Å². The molecule has 35 heavy (non-hydrogen) atoms. The average molecular weight is 448 g/mol. The van der Waals surface area contributed by atoms with Crippen molar-refractivity contribution in [3.63, 3.8) is 0 Å². The molecule has 0 fully saturated rings. The molecular weight excluding hydrogens is 426 g/mol. The van der Waals surface area contributed by atoms with E-state index in [1.165, 1.54) is 38.6 Å². The predicted octanol–water partition coefficient (Wildman–Crippen LogP) is 8.06. The Kier molecular flexibility index (Phi) is 4.46. The Bertz CT molecular complexity index is 1770. The molecule has 0 atom stereocenters. The van der Waals surface area contributed by atoms with E-state index in [-0.39, 0.29) is 0 Å². The van der Waals surface area contributed by atoms with E-state index in [1.807, 2.05) is 18.3 Å². The summed E-state index contributed by atoms with van der Waals surface area (Å²) in [5, 5.41) is 3.63. The van der Waals surface area contributed by atoms with Crippen LogP contribution in [0.15, 0.2) is 128 Å². The zero-order valence-electron chi connectivity index (χ0n) is 19.0. The van der Waals surface area contributed by atoms with Crippen molar-refractivity contribution >= 4 is 32.7 Å². The zero-order valence-corrected chi connectivity index (χ0v) is 19.0. The quantitative estimate of drug-likeness (QED) is 0.274. The molecule has 0 radical (unpaired) electrons. The third-order valence-corrected chi connectivity index (χ3v) is 6.79. The lowest BCUT2D eigenvalue weighted by molar-refractivity contribution is 1.18. The van der Waals surface area contributed by atoms with Gasteiger partial charge in [-0.15, -0.1) is 0 Å². The van der Waals surface area contributed by atoms with E-state index in [1.54, 1.807) is 6.33 Å². The molecule has 0 saturated heterocycles. The minimum Gasteiger partial charge on any atom is -0.309 e. The van der Waals surface area contributed by atoms with Gasteiger partial charge >= 0.3 is 0 Å². The van der Waals surface area contributed by atoms with Gasteiger partial charge in [-0.1, -0.05) is 84.9 Å². The average Bonchev–Trinajstić information content (AvgIpc) is 3.27. The molecule has 0 bridgehead atoms. The predicted molar refractivity (Wildman–Crippen MR) is 145 cm³/mol. The molecule has 7 rings (SSSR count). The summed E-state index contributed by atoms with van der Waals surface area (Å²) in [5.41, 5.74) is 9.28. The molecule has 164 valence electrons. The van der Waals surface area contributed by atoms with Gasteiger partial charge in [0.05, 0.1) is 16.6 Å². The Morgan fingerprint density at radius 1 is 0.486 bits per heavy atom. The smallest absolute Gasteiger partial charge is 0.116 e. The molecule has 3 nitrogen and oxygen atoms in total. The lowest BCUT2D eigenvalue weighted by atomic mass is 9.98. The maximum Gasteiger partial charge on any atom is 0.116 e. The van der Waals surface area contributed by atoms with Crippen molar-refractivity contribution in [2.24, 2.45) is 0 Å². The topological polar surface area (TPSA) is 30.7 Å². The highest BCUT2D eigenvalue weighted by atomic mass is 15.0. The lowest BCUT2D eigenvalue weighted by Gasteiger charge is -2.10. The number of fused-ring (bicyclic) bond motifs is 4. The molecule has 0 spiro atoms. The van der Waals surface area contributed by atoms with E-state index in [4.69, 9.17) is 0 Å². The Morgan fingerprint density at radius 2 is 1.09 bits per heavy atom. The van der Waals surface area contributed by atoms with Crippen molar-refractivity contribution in [3.05, 3.63) is 128 Å². The van der Waals surface area contributed by atoms with Crippen LogP contribution in [0.5, 0.6) is 0 Å². The molecule has 0 saturated carbocycles. The summed E-state index contributed by atoms with van der Waals surface area (Å²) in [4.78, 5) is 8.60. The molecule has 0 aliphatic heterocycles. The van der Waals surface area contributed by atoms with Crippen LogP contribution in [0.25, 0.3) is 60.6 Å². The van der Waals surface area contributed by atoms with Crippen LogP contribution < -0.4 is 0 Å². The highest BCUT2D eigenvalue weighted by molar-refractivity contribution is 6.09. The molecule has 0 N–H and O–H groups in total. The van der Waals surface area contributed by atoms with Crippen LogP contribution >= 0.6 is 0 Å². The van der Waals surface area contributed by atoms with Gasteiger partial charge < -0.3 is 4.57 Å². The van der Waals surface area contributed by atoms with E-state index in [0.717, 1.165) is 22.0 Å². The second-order valence-corrected chi connectivity index (χ2v) is 8.76. The van der Waals surface area contributed by atoms with Crippen LogP contribution in [0.3, 0.4) is 0 Å². The molecule has 0 aliphatic rings. The van der Waals surface area contributed by atoms with E-state index in [0.29, 0.717) is 0 Å². The third-order valence-electron chi connectivity index (χ3n) is 6.79. The second-order valence-electron chi connectivity index (χ2n) is 8.76. The SMILES string of the molecule is c1cc(-c2ccc(-c3ccc(-n4c5ccccc5c5ccccc54)cc3)cc2)c2cncnc2c1. The number of hydrogen-bond acceptors (Lipinski definition) is 2. The number of benzene rings is 5. The van der Waals surface area contributed by atoms with E-state index >= 15 is 0 Å². The van der Waals surface area contributed by atoms with Crippen molar-refractivity contribution < 1.29 is 0 Å². The summed E-state index contributed by atoms with van der Waals surface area (Å²) in [6.45, 7) is 0. The monoisotopic (exact) mass is 447 g/mol. The first-order valence-electron chi connectivity index (χ1n) is 11.7. The molecule has 2 aromatic heterocycles. The normalized spacial score (nSPS) is 11.4.